The van der Waals surface area contributed by atoms with Crippen molar-refractivity contribution in [3.63, 3.8) is 0 Å². The van der Waals surface area contributed by atoms with Crippen LogP contribution in [0, 0.1) is 5.92 Å². The molecule has 0 spiro atoms. The van der Waals surface area contributed by atoms with Gasteiger partial charge in [-0.3, -0.25) is 9.59 Å². The van der Waals surface area contributed by atoms with Crippen LogP contribution in [0.5, 0.6) is 0 Å². The number of benzene rings is 1. The summed E-state index contributed by atoms with van der Waals surface area (Å²) in [5.41, 5.74) is 6.26. The van der Waals surface area contributed by atoms with E-state index in [0.29, 0.717) is 18.6 Å². The van der Waals surface area contributed by atoms with Gasteiger partial charge in [0.25, 0.3) is 0 Å². The lowest BCUT2D eigenvalue weighted by Gasteiger charge is -2.24. The van der Waals surface area contributed by atoms with E-state index < -0.39 is 30.0 Å². The van der Waals surface area contributed by atoms with Crippen molar-refractivity contribution in [1.82, 2.24) is 10.6 Å². The zero-order valence-corrected chi connectivity index (χ0v) is 16.9. The first kappa shape index (κ1) is 22.8. The molecule has 0 radical (unpaired) electrons. The molecule has 0 aliphatic heterocycles. The molecule has 0 heterocycles. The molecule has 0 saturated heterocycles. The van der Waals surface area contributed by atoms with E-state index in [1.54, 1.807) is 11.8 Å². The molecular formula is C19H29N3O4S. The van der Waals surface area contributed by atoms with Crippen molar-refractivity contribution in [1.29, 1.82) is 0 Å². The number of hydrogen-bond donors (Lipinski definition) is 3. The number of primary amides is 1. The Morgan fingerprint density at radius 3 is 2.41 bits per heavy atom. The van der Waals surface area contributed by atoms with Crippen LogP contribution < -0.4 is 16.4 Å². The zero-order chi connectivity index (χ0) is 20.2. The van der Waals surface area contributed by atoms with E-state index in [-0.39, 0.29) is 12.5 Å². The predicted molar refractivity (Wildman–Crippen MR) is 107 cm³/mol. The summed E-state index contributed by atoms with van der Waals surface area (Å²) < 4.78 is 5.18. The fraction of sp³-hybridized carbons (Fsp3) is 0.526. The smallest absolute Gasteiger partial charge is 0.408 e. The van der Waals surface area contributed by atoms with Gasteiger partial charge >= 0.3 is 6.09 Å². The van der Waals surface area contributed by atoms with Crippen LogP contribution in [0.1, 0.15) is 32.3 Å². The lowest BCUT2D eigenvalue weighted by atomic mass is 9.98. The van der Waals surface area contributed by atoms with Gasteiger partial charge in [0.1, 0.15) is 18.7 Å². The van der Waals surface area contributed by atoms with Crippen LogP contribution >= 0.6 is 11.8 Å². The standard InChI is InChI=1S/C19H29N3O4S/c1-4-13(2)16(17(20)23)22-18(24)15(10-11-27-3)21-19(25)26-12-14-8-6-5-7-9-14/h5-9,13,15-16H,4,10-12H2,1-3H3,(H2,20,23)(H,21,25)(H,22,24)/t13-,15+,16-/m0/s1. The molecule has 0 unspecified atom stereocenters. The highest BCUT2D eigenvalue weighted by atomic mass is 32.2. The zero-order valence-electron chi connectivity index (χ0n) is 16.1. The first-order valence-electron chi connectivity index (χ1n) is 8.94. The number of ether oxygens (including phenoxy) is 1. The van der Waals surface area contributed by atoms with E-state index in [9.17, 15) is 14.4 Å². The Morgan fingerprint density at radius 1 is 1.19 bits per heavy atom. The van der Waals surface area contributed by atoms with E-state index >= 15 is 0 Å². The molecule has 0 aromatic heterocycles. The SMILES string of the molecule is CC[C@H](C)[C@H](NC(=O)[C@@H](CCSC)NC(=O)OCc1ccccc1)C(N)=O. The summed E-state index contributed by atoms with van der Waals surface area (Å²) in [5, 5.41) is 5.25. The molecule has 27 heavy (non-hydrogen) atoms. The average Bonchev–Trinajstić information content (AvgIpc) is 2.67. The van der Waals surface area contributed by atoms with Gasteiger partial charge in [0.15, 0.2) is 0 Å². The molecule has 0 saturated carbocycles. The van der Waals surface area contributed by atoms with Gasteiger partial charge in [0.2, 0.25) is 11.8 Å². The molecule has 3 amide bonds. The summed E-state index contributed by atoms with van der Waals surface area (Å²) in [4.78, 5) is 36.3. The topological polar surface area (TPSA) is 111 Å². The summed E-state index contributed by atoms with van der Waals surface area (Å²) in [5.74, 6) is -0.461. The second-order valence-corrected chi connectivity index (χ2v) is 7.30. The number of nitrogens with one attached hydrogen (secondary N) is 2. The van der Waals surface area contributed by atoms with Crippen LogP contribution in [0.3, 0.4) is 0 Å². The van der Waals surface area contributed by atoms with Gasteiger partial charge in [-0.1, -0.05) is 50.6 Å². The minimum Gasteiger partial charge on any atom is -0.445 e. The maximum absolute atomic E-state index is 12.6. The summed E-state index contributed by atoms with van der Waals surface area (Å²) in [7, 11) is 0. The number of amides is 3. The molecule has 8 heteroatoms. The Hall–Kier alpha value is -2.22. The van der Waals surface area contributed by atoms with Crippen molar-refractivity contribution < 1.29 is 19.1 Å². The minimum absolute atomic E-state index is 0.0994. The molecule has 3 atom stereocenters. The minimum atomic E-state index is -0.799. The van der Waals surface area contributed by atoms with Crippen LogP contribution in [0.15, 0.2) is 30.3 Å². The Kier molecular flexibility index (Phi) is 10.3. The van der Waals surface area contributed by atoms with Crippen molar-refractivity contribution in [2.24, 2.45) is 11.7 Å². The molecule has 0 bridgehead atoms. The average molecular weight is 396 g/mol. The third kappa shape index (κ3) is 8.34. The Balaban J connectivity index is 2.68. The summed E-state index contributed by atoms with van der Waals surface area (Å²) >= 11 is 1.56. The number of carbonyl (C=O) groups excluding carboxylic acids is 3. The second-order valence-electron chi connectivity index (χ2n) is 6.31. The van der Waals surface area contributed by atoms with Crippen LogP contribution in [-0.2, 0) is 20.9 Å². The predicted octanol–water partition coefficient (Wildman–Crippen LogP) is 2.05. The molecule has 0 aliphatic rings. The van der Waals surface area contributed by atoms with Gasteiger partial charge in [-0.2, -0.15) is 11.8 Å². The number of nitrogens with two attached hydrogens (primary N) is 1. The first-order chi connectivity index (χ1) is 12.9. The van der Waals surface area contributed by atoms with Gasteiger partial charge in [0, 0.05) is 0 Å². The molecule has 7 nitrogen and oxygen atoms in total. The van der Waals surface area contributed by atoms with Gasteiger partial charge < -0.3 is 21.1 Å². The van der Waals surface area contributed by atoms with Gasteiger partial charge in [0.05, 0.1) is 0 Å². The maximum Gasteiger partial charge on any atom is 0.408 e. The van der Waals surface area contributed by atoms with Crippen LogP contribution in [0.2, 0.25) is 0 Å². The molecular weight excluding hydrogens is 366 g/mol. The normalized spacial score (nSPS) is 13.9. The van der Waals surface area contributed by atoms with Crippen LogP contribution in [0.4, 0.5) is 4.79 Å². The molecule has 4 N–H and O–H groups in total. The number of alkyl carbamates (subject to hydrolysis) is 1. The molecule has 1 aromatic rings. The monoisotopic (exact) mass is 395 g/mol. The van der Waals surface area contributed by atoms with Gasteiger partial charge in [-0.05, 0) is 29.9 Å². The van der Waals surface area contributed by atoms with Crippen LogP contribution in [0.25, 0.3) is 0 Å². The van der Waals surface area contributed by atoms with Crippen molar-refractivity contribution >= 4 is 29.7 Å². The molecule has 1 rings (SSSR count). The molecule has 150 valence electrons. The third-order valence-electron chi connectivity index (χ3n) is 4.25. The van der Waals surface area contributed by atoms with Crippen molar-refractivity contribution in [2.75, 3.05) is 12.0 Å². The Labute approximate surface area is 164 Å². The van der Waals surface area contributed by atoms with E-state index in [1.165, 1.54) is 0 Å². The molecule has 0 aliphatic carbocycles. The lowest BCUT2D eigenvalue weighted by Crippen LogP contribution is -2.55. The molecule has 0 fully saturated rings. The highest BCUT2D eigenvalue weighted by molar-refractivity contribution is 7.98. The number of rotatable bonds is 11. The van der Waals surface area contributed by atoms with Crippen LogP contribution in [-0.4, -0.2) is 42.0 Å². The summed E-state index contributed by atoms with van der Waals surface area (Å²) in [6, 6.07) is 7.68. The summed E-state index contributed by atoms with van der Waals surface area (Å²) in [6.45, 7) is 3.87. The highest BCUT2D eigenvalue weighted by Crippen LogP contribution is 2.09. The van der Waals surface area contributed by atoms with Crippen molar-refractivity contribution in [3.05, 3.63) is 35.9 Å². The Bertz CT molecular complexity index is 612. The largest absolute Gasteiger partial charge is 0.445 e. The van der Waals surface area contributed by atoms with E-state index in [4.69, 9.17) is 10.5 Å². The summed E-state index contributed by atoms with van der Waals surface area (Å²) in [6.07, 6.45) is 2.34. The van der Waals surface area contributed by atoms with E-state index in [0.717, 1.165) is 5.56 Å². The number of thioether (sulfide) groups is 1. The van der Waals surface area contributed by atoms with E-state index in [2.05, 4.69) is 10.6 Å². The maximum atomic E-state index is 12.6. The number of hydrogen-bond acceptors (Lipinski definition) is 5. The second kappa shape index (κ2) is 12.2. The first-order valence-corrected chi connectivity index (χ1v) is 10.3. The fourth-order valence-electron chi connectivity index (χ4n) is 2.39. The third-order valence-corrected chi connectivity index (χ3v) is 4.89. The number of carbonyl (C=O) groups is 3. The molecule has 1 aromatic carbocycles. The Morgan fingerprint density at radius 2 is 1.85 bits per heavy atom. The van der Waals surface area contributed by atoms with Gasteiger partial charge in [-0.25, -0.2) is 4.79 Å². The quantitative estimate of drug-likeness (QED) is 0.531. The van der Waals surface area contributed by atoms with Crippen molar-refractivity contribution in [3.8, 4) is 0 Å². The van der Waals surface area contributed by atoms with Crippen molar-refractivity contribution in [2.45, 2.75) is 45.4 Å². The van der Waals surface area contributed by atoms with E-state index in [1.807, 2.05) is 50.4 Å². The lowest BCUT2D eigenvalue weighted by molar-refractivity contribution is -0.129. The van der Waals surface area contributed by atoms with Gasteiger partial charge in [-0.15, -0.1) is 0 Å². The highest BCUT2D eigenvalue weighted by Gasteiger charge is 2.28. The fourth-order valence-corrected chi connectivity index (χ4v) is 2.87.